The number of benzene rings is 4. The molecule has 6 aromatic rings. The molecule has 0 fully saturated rings. The van der Waals surface area contributed by atoms with Crippen molar-refractivity contribution in [3.8, 4) is 0 Å². The van der Waals surface area contributed by atoms with Crippen molar-refractivity contribution in [1.82, 2.24) is 29.9 Å². The molecule has 0 saturated carbocycles. The van der Waals surface area contributed by atoms with Crippen molar-refractivity contribution < 1.29 is 35.6 Å². The standard InChI is InChI=1S/C44H50N10O8S2/c1-5-25-53(26-6-2)43-51-41(45-35-17-13-10-14-18-35)50-42(52-43)46-36-24-23-34(38(30-36)64(58,59)60)22-21-33-20-19-32(27-37(33)63(55,56)57)29-40-47-39(28-31-15-11-9-12-16-31)48-44(49-40)54(61-7-3)62-8-4/h9-24,27,30H,5-8,25-26,28-29H2,1-4H3,(H,55,56,57)(H,58,59,60)(H2,45,46,50,51,52)/b22-21+. The highest BCUT2D eigenvalue weighted by atomic mass is 32.2. The van der Waals surface area contributed by atoms with E-state index in [1.807, 2.05) is 65.6 Å². The molecule has 0 radical (unpaired) electrons. The Balaban J connectivity index is 1.31. The van der Waals surface area contributed by atoms with Crippen LogP contribution in [0.1, 0.15) is 74.4 Å². The molecule has 4 aromatic carbocycles. The van der Waals surface area contributed by atoms with E-state index in [0.29, 0.717) is 36.8 Å². The molecule has 0 bridgehead atoms. The lowest BCUT2D eigenvalue weighted by atomic mass is 10.1. The van der Waals surface area contributed by atoms with Gasteiger partial charge in [-0.1, -0.05) is 98.0 Å². The van der Waals surface area contributed by atoms with E-state index in [0.717, 1.165) is 29.3 Å². The first-order chi connectivity index (χ1) is 30.8. The Bertz CT molecular complexity index is 2570. The number of para-hydroxylation sites is 1. The maximum atomic E-state index is 12.8. The van der Waals surface area contributed by atoms with Gasteiger partial charge >= 0.3 is 0 Å². The lowest BCUT2D eigenvalue weighted by Crippen LogP contribution is -2.27. The molecule has 0 saturated heterocycles. The molecule has 0 amide bonds. The number of hydrogen-bond donors (Lipinski definition) is 4. The second kappa shape index (κ2) is 21.8. The van der Waals surface area contributed by atoms with Gasteiger partial charge < -0.3 is 15.5 Å². The zero-order valence-corrected chi connectivity index (χ0v) is 37.4. The zero-order chi connectivity index (χ0) is 45.7. The molecule has 0 spiro atoms. The fourth-order valence-corrected chi connectivity index (χ4v) is 7.94. The number of hydrogen-bond acceptors (Lipinski definition) is 16. The van der Waals surface area contributed by atoms with Crippen LogP contribution in [0.2, 0.25) is 0 Å². The highest BCUT2D eigenvalue weighted by molar-refractivity contribution is 7.86. The van der Waals surface area contributed by atoms with Crippen LogP contribution in [0.5, 0.6) is 0 Å². The number of rotatable bonds is 22. The third kappa shape index (κ3) is 13.1. The Morgan fingerprint density at radius 2 is 1.08 bits per heavy atom. The summed E-state index contributed by atoms with van der Waals surface area (Å²) in [6, 6.07) is 27.5. The summed E-state index contributed by atoms with van der Waals surface area (Å²) < 4.78 is 71.9. The average molecular weight is 911 g/mol. The Labute approximate surface area is 372 Å². The predicted octanol–water partition coefficient (Wildman–Crippen LogP) is 7.73. The molecule has 0 unspecified atom stereocenters. The predicted molar refractivity (Wildman–Crippen MR) is 245 cm³/mol. The molecule has 2 heterocycles. The van der Waals surface area contributed by atoms with Gasteiger partial charge in [-0.15, -0.1) is 0 Å². The summed E-state index contributed by atoms with van der Waals surface area (Å²) in [5, 5.41) is 7.34. The Hall–Kier alpha value is -6.42. The van der Waals surface area contributed by atoms with E-state index in [2.05, 4.69) is 54.4 Å². The summed E-state index contributed by atoms with van der Waals surface area (Å²) in [4.78, 5) is 39.8. The van der Waals surface area contributed by atoms with E-state index in [4.69, 9.17) is 9.68 Å². The molecule has 20 heteroatoms. The number of nitrogens with one attached hydrogen (secondary N) is 2. The van der Waals surface area contributed by atoms with Crippen LogP contribution in [0.4, 0.5) is 35.2 Å². The fourth-order valence-electron chi connectivity index (χ4n) is 6.49. The molecular weight excluding hydrogens is 861 g/mol. The van der Waals surface area contributed by atoms with Gasteiger partial charge in [0.2, 0.25) is 17.8 Å². The first-order valence-corrected chi connectivity index (χ1v) is 23.5. The molecule has 0 aliphatic rings. The van der Waals surface area contributed by atoms with E-state index in [-0.39, 0.29) is 60.1 Å². The van der Waals surface area contributed by atoms with Crippen molar-refractivity contribution in [2.45, 2.75) is 63.2 Å². The summed E-state index contributed by atoms with van der Waals surface area (Å²) in [6.45, 7) is 9.58. The summed E-state index contributed by atoms with van der Waals surface area (Å²) in [6.07, 6.45) is 4.72. The topological polar surface area (TPSA) is 235 Å². The third-order valence-corrected chi connectivity index (χ3v) is 11.0. The fraction of sp³-hybridized carbons (Fsp3) is 0.273. The molecule has 0 aliphatic carbocycles. The monoisotopic (exact) mass is 910 g/mol. The van der Waals surface area contributed by atoms with E-state index in [9.17, 15) is 25.9 Å². The van der Waals surface area contributed by atoms with Crippen LogP contribution < -0.4 is 20.8 Å². The molecule has 0 atom stereocenters. The summed E-state index contributed by atoms with van der Waals surface area (Å²) in [7, 11) is -9.65. The van der Waals surface area contributed by atoms with Gasteiger partial charge in [-0.2, -0.15) is 41.8 Å². The van der Waals surface area contributed by atoms with Crippen LogP contribution in [0, 0.1) is 0 Å². The zero-order valence-electron chi connectivity index (χ0n) is 35.8. The highest BCUT2D eigenvalue weighted by Gasteiger charge is 2.21. The molecule has 2 aromatic heterocycles. The lowest BCUT2D eigenvalue weighted by Gasteiger charge is -2.22. The van der Waals surface area contributed by atoms with Gasteiger partial charge in [-0.3, -0.25) is 9.11 Å². The summed E-state index contributed by atoms with van der Waals surface area (Å²) >= 11 is 0. The Kier molecular flexibility index (Phi) is 16.0. The molecule has 6 rings (SSSR count). The maximum absolute atomic E-state index is 12.8. The van der Waals surface area contributed by atoms with Gasteiger partial charge in [0.25, 0.3) is 26.2 Å². The first-order valence-electron chi connectivity index (χ1n) is 20.6. The number of aromatic nitrogens is 6. The highest BCUT2D eigenvalue weighted by Crippen LogP contribution is 2.28. The van der Waals surface area contributed by atoms with Crippen LogP contribution >= 0.6 is 0 Å². The first kappa shape index (κ1) is 47.1. The third-order valence-electron chi connectivity index (χ3n) is 9.21. The van der Waals surface area contributed by atoms with E-state index >= 15 is 0 Å². The van der Waals surface area contributed by atoms with Gasteiger partial charge in [-0.05, 0) is 79.3 Å². The van der Waals surface area contributed by atoms with Crippen LogP contribution in [0.3, 0.4) is 0 Å². The number of anilines is 6. The van der Waals surface area contributed by atoms with Crippen molar-refractivity contribution in [1.29, 1.82) is 0 Å². The van der Waals surface area contributed by atoms with Crippen LogP contribution in [-0.2, 0) is 42.8 Å². The van der Waals surface area contributed by atoms with Crippen molar-refractivity contribution in [3.05, 3.63) is 131 Å². The molecule has 0 aliphatic heterocycles. The molecule has 64 heavy (non-hydrogen) atoms. The minimum Gasteiger partial charge on any atom is -0.341 e. The van der Waals surface area contributed by atoms with Crippen molar-refractivity contribution in [2.24, 2.45) is 0 Å². The SMILES string of the molecule is CCCN(CCC)c1nc(Nc2ccccc2)nc(Nc2ccc(/C=C/c3ccc(Cc4nc(Cc5ccccc5)nc(N(OCC)OCC)n4)cc3S(=O)(=O)O)c(S(=O)(=O)O)c2)n1. The van der Waals surface area contributed by atoms with Gasteiger partial charge in [0.05, 0.1) is 13.2 Å². The minimum atomic E-state index is -4.83. The van der Waals surface area contributed by atoms with E-state index in [1.165, 1.54) is 36.4 Å². The van der Waals surface area contributed by atoms with Gasteiger partial charge in [-0.25, -0.2) is 14.7 Å². The van der Waals surface area contributed by atoms with Crippen molar-refractivity contribution >= 4 is 67.6 Å². The Morgan fingerprint density at radius 1 is 0.562 bits per heavy atom. The average Bonchev–Trinajstić information content (AvgIpc) is 3.26. The van der Waals surface area contributed by atoms with Crippen LogP contribution in [-0.4, -0.2) is 82.1 Å². The van der Waals surface area contributed by atoms with Crippen LogP contribution in [0.15, 0.2) is 107 Å². The maximum Gasteiger partial charge on any atom is 0.295 e. The molecular formula is C44H50N10O8S2. The Morgan fingerprint density at radius 3 is 1.62 bits per heavy atom. The smallest absolute Gasteiger partial charge is 0.295 e. The minimum absolute atomic E-state index is 0.0232. The second-order valence-corrected chi connectivity index (χ2v) is 17.0. The van der Waals surface area contributed by atoms with Gasteiger partial charge in [0.15, 0.2) is 0 Å². The second-order valence-electron chi connectivity index (χ2n) is 14.2. The largest absolute Gasteiger partial charge is 0.341 e. The van der Waals surface area contributed by atoms with Gasteiger partial charge in [0, 0.05) is 37.3 Å². The van der Waals surface area contributed by atoms with Crippen LogP contribution in [0.25, 0.3) is 12.2 Å². The normalized spacial score (nSPS) is 11.8. The lowest BCUT2D eigenvalue weighted by molar-refractivity contribution is -0.0853. The van der Waals surface area contributed by atoms with Gasteiger partial charge in [0.1, 0.15) is 21.4 Å². The summed E-state index contributed by atoms with van der Waals surface area (Å²) in [5.41, 5.74) is 2.41. The quantitative estimate of drug-likeness (QED) is 0.0290. The number of nitrogens with zero attached hydrogens (tertiary/aromatic N) is 8. The molecule has 18 nitrogen and oxygen atoms in total. The molecule has 336 valence electrons. The van der Waals surface area contributed by atoms with E-state index in [1.54, 1.807) is 26.0 Å². The summed E-state index contributed by atoms with van der Waals surface area (Å²) in [5.74, 6) is 1.56. The van der Waals surface area contributed by atoms with Crippen molar-refractivity contribution in [3.63, 3.8) is 0 Å². The van der Waals surface area contributed by atoms with Crippen molar-refractivity contribution in [2.75, 3.05) is 47.1 Å². The molecule has 4 N–H and O–H groups in total. The van der Waals surface area contributed by atoms with E-state index < -0.39 is 30.0 Å².